The molecule has 7 aromatic rings. The number of fused-ring (bicyclic) bond motifs is 4. The second-order valence-electron chi connectivity index (χ2n) is 12.2. The minimum absolute atomic E-state index is 0.103. The van der Waals surface area contributed by atoms with Crippen LogP contribution in [-0.2, 0) is 0 Å². The van der Waals surface area contributed by atoms with Gasteiger partial charge in [0.2, 0.25) is 0 Å². The van der Waals surface area contributed by atoms with Crippen LogP contribution in [0.4, 0.5) is 22.7 Å². The van der Waals surface area contributed by atoms with Gasteiger partial charge in [0.15, 0.2) is 0 Å². The lowest BCUT2D eigenvalue weighted by Gasteiger charge is -2.34. The second-order valence-corrected chi connectivity index (χ2v) is 12.2. The molecular formula is C43H33N3O. The normalized spacial score (nSPS) is 15.7. The van der Waals surface area contributed by atoms with Crippen LogP contribution in [0.2, 0.25) is 0 Å². The molecule has 1 aliphatic carbocycles. The fraction of sp³-hybridized carbons (Fsp3) is 0.0698. The van der Waals surface area contributed by atoms with Gasteiger partial charge in [0.25, 0.3) is 0 Å². The lowest BCUT2D eigenvalue weighted by Crippen LogP contribution is -2.30. The molecule has 2 aliphatic rings. The number of nitrogens with one attached hydrogen (secondary N) is 2. The summed E-state index contributed by atoms with van der Waals surface area (Å²) >= 11 is 0. The number of allylic oxidation sites excluding steroid dienone is 2. The summed E-state index contributed by atoms with van der Waals surface area (Å²) in [5.41, 5.74) is 12.2. The molecule has 9 rings (SSSR count). The first-order valence-electron chi connectivity index (χ1n) is 16.2. The van der Waals surface area contributed by atoms with Crippen molar-refractivity contribution in [3.05, 3.63) is 175 Å². The van der Waals surface area contributed by atoms with Gasteiger partial charge in [0.05, 0.1) is 28.5 Å². The molecule has 0 bridgehead atoms. The zero-order chi connectivity index (χ0) is 31.2. The molecule has 4 heteroatoms. The van der Waals surface area contributed by atoms with Crippen LogP contribution < -0.4 is 15.5 Å². The first-order chi connectivity index (χ1) is 23.3. The molecule has 1 atom stereocenters. The predicted molar refractivity (Wildman–Crippen MR) is 196 cm³/mol. The monoisotopic (exact) mass is 607 g/mol. The SMILES string of the molecule is C1=CC(N(c2ccc(-c3ccccc3)cc2)c2ccc(C3Nc4ccccc4N3)c3oc4ccccc4c23)CC=C1c1ccccc1. The first-order valence-corrected chi connectivity index (χ1v) is 16.2. The average molecular weight is 608 g/mol. The Morgan fingerprint density at radius 3 is 1.94 bits per heavy atom. The van der Waals surface area contributed by atoms with Crippen molar-refractivity contribution >= 4 is 50.3 Å². The molecule has 2 N–H and O–H groups in total. The van der Waals surface area contributed by atoms with E-state index in [0.29, 0.717) is 0 Å². The Morgan fingerprint density at radius 1 is 0.596 bits per heavy atom. The molecule has 4 nitrogen and oxygen atoms in total. The molecular weight excluding hydrogens is 574 g/mol. The summed E-state index contributed by atoms with van der Waals surface area (Å²) < 4.78 is 6.72. The molecule has 1 unspecified atom stereocenters. The van der Waals surface area contributed by atoms with Gasteiger partial charge in [-0.1, -0.05) is 121 Å². The van der Waals surface area contributed by atoms with Crippen molar-refractivity contribution < 1.29 is 4.42 Å². The van der Waals surface area contributed by atoms with Crippen LogP contribution in [0.15, 0.2) is 168 Å². The average Bonchev–Trinajstić information content (AvgIpc) is 3.76. The highest BCUT2D eigenvalue weighted by atomic mass is 16.3. The Labute approximate surface area is 274 Å². The Bertz CT molecular complexity index is 2260. The van der Waals surface area contributed by atoms with Gasteiger partial charge in [0, 0.05) is 16.6 Å². The highest BCUT2D eigenvalue weighted by Gasteiger charge is 2.29. The zero-order valence-electron chi connectivity index (χ0n) is 25.8. The molecule has 47 heavy (non-hydrogen) atoms. The van der Waals surface area contributed by atoms with Crippen molar-refractivity contribution in [1.82, 2.24) is 0 Å². The summed E-state index contributed by atoms with van der Waals surface area (Å²) in [6, 6.07) is 51.5. The van der Waals surface area contributed by atoms with E-state index in [1.807, 2.05) is 6.07 Å². The number of benzene rings is 6. The van der Waals surface area contributed by atoms with Crippen LogP contribution in [-0.4, -0.2) is 6.04 Å². The van der Waals surface area contributed by atoms with E-state index in [1.165, 1.54) is 22.3 Å². The van der Waals surface area contributed by atoms with Crippen molar-refractivity contribution in [2.24, 2.45) is 0 Å². The lowest BCUT2D eigenvalue weighted by molar-refractivity contribution is 0.659. The molecule has 6 aromatic carbocycles. The molecule has 2 heterocycles. The smallest absolute Gasteiger partial charge is 0.144 e. The highest BCUT2D eigenvalue weighted by molar-refractivity contribution is 6.13. The zero-order valence-corrected chi connectivity index (χ0v) is 25.8. The molecule has 1 aliphatic heterocycles. The second kappa shape index (κ2) is 11.4. The van der Waals surface area contributed by atoms with Crippen LogP contribution in [0, 0.1) is 0 Å². The molecule has 0 radical (unpaired) electrons. The Kier molecular flexibility index (Phi) is 6.64. The summed E-state index contributed by atoms with van der Waals surface area (Å²) in [6.07, 6.45) is 7.77. The maximum Gasteiger partial charge on any atom is 0.144 e. The molecule has 0 spiro atoms. The number of nitrogens with zero attached hydrogens (tertiary/aromatic N) is 1. The molecule has 0 saturated heterocycles. The van der Waals surface area contributed by atoms with E-state index in [4.69, 9.17) is 4.42 Å². The van der Waals surface area contributed by atoms with Crippen molar-refractivity contribution in [2.75, 3.05) is 15.5 Å². The van der Waals surface area contributed by atoms with Gasteiger partial charge >= 0.3 is 0 Å². The van der Waals surface area contributed by atoms with E-state index in [0.717, 1.165) is 56.7 Å². The van der Waals surface area contributed by atoms with Crippen LogP contribution in [0.25, 0.3) is 38.6 Å². The van der Waals surface area contributed by atoms with Crippen molar-refractivity contribution in [3.63, 3.8) is 0 Å². The van der Waals surface area contributed by atoms with Crippen LogP contribution in [0.1, 0.15) is 23.7 Å². The Morgan fingerprint density at radius 2 is 1.23 bits per heavy atom. The largest absolute Gasteiger partial charge is 0.456 e. The Balaban J connectivity index is 1.19. The van der Waals surface area contributed by atoms with Crippen LogP contribution in [0.5, 0.6) is 0 Å². The fourth-order valence-electron chi connectivity index (χ4n) is 7.10. The minimum Gasteiger partial charge on any atom is -0.456 e. The van der Waals surface area contributed by atoms with Gasteiger partial charge < -0.3 is 20.0 Å². The number of hydrogen-bond donors (Lipinski definition) is 2. The number of anilines is 4. The third-order valence-electron chi connectivity index (χ3n) is 9.40. The van der Waals surface area contributed by atoms with Crippen molar-refractivity contribution in [2.45, 2.75) is 18.6 Å². The topological polar surface area (TPSA) is 40.4 Å². The van der Waals surface area contributed by atoms with E-state index in [1.54, 1.807) is 0 Å². The van der Waals surface area contributed by atoms with Gasteiger partial charge in [0.1, 0.15) is 17.3 Å². The summed E-state index contributed by atoms with van der Waals surface area (Å²) in [7, 11) is 0. The van der Waals surface area contributed by atoms with Gasteiger partial charge in [-0.2, -0.15) is 0 Å². The van der Waals surface area contributed by atoms with Crippen LogP contribution in [0.3, 0.4) is 0 Å². The summed E-state index contributed by atoms with van der Waals surface area (Å²) in [5.74, 6) is 0. The van der Waals surface area contributed by atoms with E-state index >= 15 is 0 Å². The van der Waals surface area contributed by atoms with E-state index < -0.39 is 0 Å². The first kappa shape index (κ1) is 27.3. The lowest BCUT2D eigenvalue weighted by atomic mass is 9.94. The molecule has 0 fully saturated rings. The van der Waals surface area contributed by atoms with E-state index in [9.17, 15) is 0 Å². The summed E-state index contributed by atoms with van der Waals surface area (Å²) in [4.78, 5) is 2.49. The van der Waals surface area contributed by atoms with Gasteiger partial charge in [-0.25, -0.2) is 0 Å². The predicted octanol–water partition coefficient (Wildman–Crippen LogP) is 11.3. The maximum absolute atomic E-state index is 6.72. The minimum atomic E-state index is -0.103. The van der Waals surface area contributed by atoms with Gasteiger partial charge in [-0.05, 0) is 71.1 Å². The van der Waals surface area contributed by atoms with Crippen LogP contribution >= 0.6 is 0 Å². The standard InChI is InChI=1S/C43H33N3O/c1-3-11-29(12-4-1)31-19-23-33(24-20-31)46(34-25-21-32(22-26-34)30-13-5-2-6-14-30)39-28-27-36(43-44-37-16-8-9-17-38(37)45-43)42-41(39)35-15-7-10-18-40(35)47-42/h1-25,27-28,34,43-45H,26H2. The summed E-state index contributed by atoms with van der Waals surface area (Å²) in [6.45, 7) is 0. The maximum atomic E-state index is 6.72. The molecule has 226 valence electrons. The number of rotatable bonds is 6. The van der Waals surface area contributed by atoms with Gasteiger partial charge in [-0.3, -0.25) is 0 Å². The third kappa shape index (κ3) is 4.86. The number of para-hydroxylation sites is 3. The third-order valence-corrected chi connectivity index (χ3v) is 9.40. The fourth-order valence-corrected chi connectivity index (χ4v) is 7.10. The quantitative estimate of drug-likeness (QED) is 0.197. The van der Waals surface area contributed by atoms with E-state index in [2.05, 4.69) is 173 Å². The van der Waals surface area contributed by atoms with Crippen molar-refractivity contribution in [1.29, 1.82) is 0 Å². The Hall–Kier alpha value is -6.00. The summed E-state index contributed by atoms with van der Waals surface area (Å²) in [5, 5.41) is 9.57. The highest BCUT2D eigenvalue weighted by Crippen LogP contribution is 2.46. The van der Waals surface area contributed by atoms with E-state index in [-0.39, 0.29) is 12.2 Å². The number of furan rings is 1. The molecule has 0 amide bonds. The molecule has 1 aromatic heterocycles. The van der Waals surface area contributed by atoms with Gasteiger partial charge in [-0.15, -0.1) is 0 Å². The molecule has 0 saturated carbocycles. The number of hydrogen-bond acceptors (Lipinski definition) is 4. The van der Waals surface area contributed by atoms with Crippen molar-refractivity contribution in [3.8, 4) is 11.1 Å².